The van der Waals surface area contributed by atoms with E-state index in [0.29, 0.717) is 0 Å². The molecule has 0 aromatic heterocycles. The third kappa shape index (κ3) is 0.549. The summed E-state index contributed by atoms with van der Waals surface area (Å²) in [7, 11) is 0. The van der Waals surface area contributed by atoms with Gasteiger partial charge in [0.2, 0.25) is 0 Å². The van der Waals surface area contributed by atoms with Crippen LogP contribution in [0.3, 0.4) is 0 Å². The summed E-state index contributed by atoms with van der Waals surface area (Å²) in [6.07, 6.45) is 7.06. The summed E-state index contributed by atoms with van der Waals surface area (Å²) >= 11 is 0. The van der Waals surface area contributed by atoms with E-state index >= 15 is 0 Å². The van der Waals surface area contributed by atoms with E-state index in [1.165, 1.54) is 22.3 Å². The Morgan fingerprint density at radius 3 is 2.83 bits per heavy atom. The Kier molecular flexibility index (Phi) is 0.968. The minimum atomic E-state index is -0.333. The van der Waals surface area contributed by atoms with Gasteiger partial charge in [-0.2, -0.15) is 0 Å². The monoisotopic (exact) mass is 158 g/mol. The van der Waals surface area contributed by atoms with E-state index in [-0.39, 0.29) is 6.10 Å². The standard InChI is InChI=1S/C11H10O/c1-6-10(12)5-9-7-2-3-8(4-7)11(6)9/h2-3,5,10,12H,4H2,1H3. The average molecular weight is 158 g/mol. The average Bonchev–Trinajstić information content (AvgIpc) is 2.66. The lowest BCUT2D eigenvalue weighted by Gasteiger charge is -2.04. The Balaban J connectivity index is 2.28. The first-order valence-electron chi connectivity index (χ1n) is 4.29. The molecule has 1 nitrogen and oxygen atoms in total. The largest absolute Gasteiger partial charge is 0.385 e. The molecule has 3 rings (SSSR count). The van der Waals surface area contributed by atoms with Crippen molar-refractivity contribution >= 4 is 0 Å². The van der Waals surface area contributed by atoms with Gasteiger partial charge in [-0.05, 0) is 47.3 Å². The molecule has 12 heavy (non-hydrogen) atoms. The summed E-state index contributed by atoms with van der Waals surface area (Å²) in [5, 5.41) is 9.58. The summed E-state index contributed by atoms with van der Waals surface area (Å²) in [5.74, 6) is 0. The van der Waals surface area contributed by atoms with E-state index in [1.807, 2.05) is 13.0 Å². The van der Waals surface area contributed by atoms with Crippen molar-refractivity contribution in [1.29, 1.82) is 0 Å². The van der Waals surface area contributed by atoms with E-state index in [9.17, 15) is 5.11 Å². The van der Waals surface area contributed by atoms with Gasteiger partial charge in [0.25, 0.3) is 0 Å². The first kappa shape index (κ1) is 6.44. The van der Waals surface area contributed by atoms with Crippen molar-refractivity contribution in [3.8, 4) is 0 Å². The summed E-state index contributed by atoms with van der Waals surface area (Å²) in [6, 6.07) is 0. The third-order valence-electron chi connectivity index (χ3n) is 2.97. The molecule has 2 bridgehead atoms. The van der Waals surface area contributed by atoms with Crippen molar-refractivity contribution in [3.05, 3.63) is 46.1 Å². The molecule has 0 saturated heterocycles. The highest BCUT2D eigenvalue weighted by molar-refractivity contribution is 5.74. The number of rotatable bonds is 0. The van der Waals surface area contributed by atoms with Gasteiger partial charge in [-0.3, -0.25) is 0 Å². The quantitative estimate of drug-likeness (QED) is 0.570. The molecular weight excluding hydrogens is 148 g/mol. The van der Waals surface area contributed by atoms with E-state index in [4.69, 9.17) is 0 Å². The van der Waals surface area contributed by atoms with Gasteiger partial charge >= 0.3 is 0 Å². The van der Waals surface area contributed by atoms with Crippen molar-refractivity contribution in [3.63, 3.8) is 0 Å². The molecule has 0 radical (unpaired) electrons. The maximum Gasteiger partial charge on any atom is 0.0947 e. The summed E-state index contributed by atoms with van der Waals surface area (Å²) in [4.78, 5) is 0. The second-order valence-electron chi connectivity index (χ2n) is 3.64. The lowest BCUT2D eigenvalue weighted by molar-refractivity contribution is 0.261. The molecule has 0 amide bonds. The van der Waals surface area contributed by atoms with Gasteiger partial charge in [-0.15, -0.1) is 0 Å². The zero-order valence-electron chi connectivity index (χ0n) is 6.96. The van der Waals surface area contributed by atoms with Gasteiger partial charge in [0.1, 0.15) is 0 Å². The number of fused-ring (bicyclic) bond motifs is 5. The molecule has 1 saturated carbocycles. The van der Waals surface area contributed by atoms with Gasteiger partial charge < -0.3 is 5.11 Å². The third-order valence-corrected chi connectivity index (χ3v) is 2.97. The number of aliphatic hydroxyl groups excluding tert-OH is 1. The summed E-state index contributed by atoms with van der Waals surface area (Å²) in [5.41, 5.74) is 6.51. The normalized spacial score (nSPS) is 30.5. The highest BCUT2D eigenvalue weighted by Crippen LogP contribution is 2.49. The smallest absolute Gasteiger partial charge is 0.0947 e. The summed E-state index contributed by atoms with van der Waals surface area (Å²) in [6.45, 7) is 2.02. The zero-order chi connectivity index (χ0) is 8.29. The Morgan fingerprint density at radius 1 is 1.33 bits per heavy atom. The van der Waals surface area contributed by atoms with Crippen LogP contribution in [-0.4, -0.2) is 11.2 Å². The van der Waals surface area contributed by atoms with Crippen molar-refractivity contribution in [2.75, 3.05) is 0 Å². The SMILES string of the molecule is CC1=C2C3=CC=C(C3)C2=CC1O. The van der Waals surface area contributed by atoms with Crippen LogP contribution in [0, 0.1) is 0 Å². The lowest BCUT2D eigenvalue weighted by atomic mass is 10.0. The highest BCUT2D eigenvalue weighted by atomic mass is 16.3. The first-order valence-corrected chi connectivity index (χ1v) is 4.29. The Labute approximate surface area is 71.4 Å². The molecule has 3 aliphatic rings. The molecule has 0 aromatic carbocycles. The van der Waals surface area contributed by atoms with E-state index < -0.39 is 0 Å². The van der Waals surface area contributed by atoms with Crippen molar-refractivity contribution < 1.29 is 5.11 Å². The summed E-state index contributed by atoms with van der Waals surface area (Å²) < 4.78 is 0. The van der Waals surface area contributed by atoms with Crippen LogP contribution in [0.25, 0.3) is 0 Å². The molecule has 0 heterocycles. The van der Waals surface area contributed by atoms with Crippen LogP contribution in [0.4, 0.5) is 0 Å². The molecule has 1 unspecified atom stereocenters. The predicted molar refractivity (Wildman–Crippen MR) is 47.6 cm³/mol. The minimum Gasteiger partial charge on any atom is -0.385 e. The lowest BCUT2D eigenvalue weighted by Crippen LogP contribution is -2.00. The molecule has 60 valence electrons. The number of allylic oxidation sites excluding steroid dienone is 6. The highest BCUT2D eigenvalue weighted by Gasteiger charge is 2.34. The second kappa shape index (κ2) is 1.80. The van der Waals surface area contributed by atoms with E-state index in [1.54, 1.807) is 0 Å². The fourth-order valence-corrected chi connectivity index (χ4v) is 2.30. The first-order chi connectivity index (χ1) is 5.77. The zero-order valence-corrected chi connectivity index (χ0v) is 6.96. The van der Waals surface area contributed by atoms with Crippen LogP contribution in [0.15, 0.2) is 46.1 Å². The molecule has 3 aliphatic carbocycles. The molecule has 0 spiro atoms. The fourth-order valence-electron chi connectivity index (χ4n) is 2.30. The molecule has 0 aromatic rings. The van der Waals surface area contributed by atoms with Crippen molar-refractivity contribution in [1.82, 2.24) is 0 Å². The van der Waals surface area contributed by atoms with Crippen LogP contribution < -0.4 is 0 Å². The van der Waals surface area contributed by atoms with Gasteiger partial charge in [0, 0.05) is 0 Å². The van der Waals surface area contributed by atoms with Crippen LogP contribution in [0.1, 0.15) is 13.3 Å². The molecular formula is C11H10O. The molecule has 1 N–H and O–H groups in total. The Morgan fingerprint density at radius 2 is 2.08 bits per heavy atom. The molecule has 0 aliphatic heterocycles. The predicted octanol–water partition coefficient (Wildman–Crippen LogP) is 1.87. The Hall–Kier alpha value is -1.08. The maximum atomic E-state index is 9.58. The van der Waals surface area contributed by atoms with Crippen molar-refractivity contribution in [2.45, 2.75) is 19.4 Å². The Bertz CT molecular complexity index is 391. The molecule has 1 heteroatoms. The van der Waals surface area contributed by atoms with Crippen LogP contribution in [0.2, 0.25) is 0 Å². The van der Waals surface area contributed by atoms with Crippen LogP contribution in [0.5, 0.6) is 0 Å². The van der Waals surface area contributed by atoms with E-state index in [2.05, 4.69) is 12.2 Å². The van der Waals surface area contributed by atoms with Gasteiger partial charge in [0.05, 0.1) is 6.10 Å². The molecule has 1 atom stereocenters. The van der Waals surface area contributed by atoms with Gasteiger partial charge in [0.15, 0.2) is 0 Å². The number of hydrogen-bond acceptors (Lipinski definition) is 1. The van der Waals surface area contributed by atoms with Crippen LogP contribution in [-0.2, 0) is 0 Å². The second-order valence-corrected chi connectivity index (χ2v) is 3.64. The number of aliphatic hydroxyl groups is 1. The topological polar surface area (TPSA) is 20.2 Å². The molecule has 1 fully saturated rings. The number of hydrogen-bond donors (Lipinski definition) is 1. The van der Waals surface area contributed by atoms with Gasteiger partial charge in [-0.25, -0.2) is 0 Å². The fraction of sp³-hybridized carbons (Fsp3) is 0.273. The van der Waals surface area contributed by atoms with Crippen LogP contribution >= 0.6 is 0 Å². The van der Waals surface area contributed by atoms with Gasteiger partial charge in [-0.1, -0.05) is 12.2 Å². The maximum absolute atomic E-state index is 9.58. The van der Waals surface area contributed by atoms with Crippen molar-refractivity contribution in [2.24, 2.45) is 0 Å². The van der Waals surface area contributed by atoms with E-state index in [0.717, 1.165) is 12.0 Å². The minimum absolute atomic E-state index is 0.333.